The van der Waals surface area contributed by atoms with Crippen molar-refractivity contribution >= 4 is 5.96 Å². The fraction of sp³-hybridized carbons (Fsp3) is 0.692. The minimum atomic E-state index is 0.215. The third-order valence-electron chi connectivity index (χ3n) is 3.11. The van der Waals surface area contributed by atoms with Crippen LogP contribution in [0, 0.1) is 13.8 Å². The van der Waals surface area contributed by atoms with E-state index in [1.807, 2.05) is 18.7 Å². The fourth-order valence-electron chi connectivity index (χ4n) is 1.97. The normalized spacial score (nSPS) is 13.5. The van der Waals surface area contributed by atoms with Crippen LogP contribution in [0.15, 0.2) is 4.99 Å². The molecule has 1 aromatic heterocycles. The van der Waals surface area contributed by atoms with Gasteiger partial charge in [0.25, 0.3) is 0 Å². The summed E-state index contributed by atoms with van der Waals surface area (Å²) in [6, 6.07) is 0.215. The molecule has 0 bridgehead atoms. The van der Waals surface area contributed by atoms with E-state index in [2.05, 4.69) is 34.6 Å². The zero-order valence-electron chi connectivity index (χ0n) is 12.7. The number of nitrogens with one attached hydrogen (secondary N) is 2. The van der Waals surface area contributed by atoms with Crippen LogP contribution in [-0.2, 0) is 18.3 Å². The highest BCUT2D eigenvalue weighted by atomic mass is 16.5. The van der Waals surface area contributed by atoms with Gasteiger partial charge in [-0.3, -0.25) is 9.67 Å². The highest BCUT2D eigenvalue weighted by Crippen LogP contribution is 2.10. The number of aromatic nitrogens is 2. The molecule has 0 radical (unpaired) electrons. The molecule has 1 aromatic rings. The summed E-state index contributed by atoms with van der Waals surface area (Å²) in [7, 11) is 5.41. The summed E-state index contributed by atoms with van der Waals surface area (Å²) in [5.74, 6) is 0.771. The van der Waals surface area contributed by atoms with Crippen molar-refractivity contribution in [1.82, 2.24) is 20.4 Å². The Morgan fingerprint density at radius 1 is 1.47 bits per heavy atom. The molecule has 19 heavy (non-hydrogen) atoms. The molecule has 1 atom stereocenters. The lowest BCUT2D eigenvalue weighted by Crippen LogP contribution is -2.43. The van der Waals surface area contributed by atoms with Crippen LogP contribution >= 0.6 is 0 Å². The van der Waals surface area contributed by atoms with Gasteiger partial charge in [-0.25, -0.2) is 0 Å². The molecule has 1 rings (SSSR count). The number of aryl methyl sites for hydroxylation is 2. The van der Waals surface area contributed by atoms with Crippen molar-refractivity contribution in [3.8, 4) is 0 Å². The van der Waals surface area contributed by atoms with Gasteiger partial charge in [-0.05, 0) is 20.8 Å². The number of hydrogen-bond acceptors (Lipinski definition) is 3. The second-order valence-electron chi connectivity index (χ2n) is 4.70. The van der Waals surface area contributed by atoms with Crippen LogP contribution in [0.2, 0.25) is 0 Å². The van der Waals surface area contributed by atoms with E-state index >= 15 is 0 Å². The Morgan fingerprint density at radius 2 is 2.16 bits per heavy atom. The van der Waals surface area contributed by atoms with E-state index in [0.717, 1.165) is 11.7 Å². The van der Waals surface area contributed by atoms with Gasteiger partial charge >= 0.3 is 0 Å². The molecule has 1 unspecified atom stereocenters. The molecule has 0 aliphatic heterocycles. The minimum absolute atomic E-state index is 0.215. The van der Waals surface area contributed by atoms with Crippen molar-refractivity contribution < 1.29 is 4.74 Å². The van der Waals surface area contributed by atoms with Gasteiger partial charge < -0.3 is 15.4 Å². The van der Waals surface area contributed by atoms with Gasteiger partial charge in [-0.15, -0.1) is 0 Å². The third-order valence-corrected chi connectivity index (χ3v) is 3.11. The molecule has 0 aliphatic carbocycles. The van der Waals surface area contributed by atoms with E-state index in [0.29, 0.717) is 13.2 Å². The van der Waals surface area contributed by atoms with Crippen LogP contribution < -0.4 is 10.6 Å². The summed E-state index contributed by atoms with van der Waals surface area (Å²) in [6.07, 6.45) is 0. The Labute approximate surface area is 115 Å². The van der Waals surface area contributed by atoms with E-state index in [-0.39, 0.29) is 6.04 Å². The molecular weight excluding hydrogens is 242 g/mol. The summed E-state index contributed by atoms with van der Waals surface area (Å²) < 4.78 is 6.99. The van der Waals surface area contributed by atoms with Crippen molar-refractivity contribution in [3.05, 3.63) is 17.0 Å². The fourth-order valence-corrected chi connectivity index (χ4v) is 1.97. The molecular formula is C13H25N5O. The van der Waals surface area contributed by atoms with E-state index < -0.39 is 0 Å². The van der Waals surface area contributed by atoms with Crippen LogP contribution in [0.1, 0.15) is 23.9 Å². The van der Waals surface area contributed by atoms with Crippen molar-refractivity contribution in [2.45, 2.75) is 33.4 Å². The first-order chi connectivity index (χ1) is 8.99. The lowest BCUT2D eigenvalue weighted by molar-refractivity contribution is 0.179. The first kappa shape index (κ1) is 15.5. The molecule has 0 aromatic carbocycles. The minimum Gasteiger partial charge on any atom is -0.383 e. The van der Waals surface area contributed by atoms with Gasteiger partial charge in [0.1, 0.15) is 0 Å². The number of guanidine groups is 1. The average Bonchev–Trinajstić information content (AvgIpc) is 2.60. The smallest absolute Gasteiger partial charge is 0.191 e. The Bertz CT molecular complexity index is 438. The van der Waals surface area contributed by atoms with Crippen molar-refractivity contribution in [3.63, 3.8) is 0 Å². The second kappa shape index (κ2) is 7.13. The van der Waals surface area contributed by atoms with Crippen LogP contribution in [0.3, 0.4) is 0 Å². The first-order valence-electron chi connectivity index (χ1n) is 6.44. The Morgan fingerprint density at radius 3 is 2.63 bits per heavy atom. The summed E-state index contributed by atoms with van der Waals surface area (Å²) >= 11 is 0. The van der Waals surface area contributed by atoms with E-state index in [9.17, 15) is 0 Å². The van der Waals surface area contributed by atoms with Crippen LogP contribution in [0.4, 0.5) is 0 Å². The van der Waals surface area contributed by atoms with Gasteiger partial charge in [0.05, 0.1) is 12.3 Å². The molecule has 1 heterocycles. The molecule has 6 heteroatoms. The lowest BCUT2D eigenvalue weighted by Gasteiger charge is -2.17. The number of methoxy groups -OCH3 is 1. The summed E-state index contributed by atoms with van der Waals surface area (Å²) in [4.78, 5) is 4.20. The van der Waals surface area contributed by atoms with Crippen molar-refractivity contribution in [1.29, 1.82) is 0 Å². The summed E-state index contributed by atoms with van der Waals surface area (Å²) in [5.41, 5.74) is 3.43. The topological polar surface area (TPSA) is 63.5 Å². The number of rotatable bonds is 5. The Balaban J connectivity index is 2.59. The molecule has 2 N–H and O–H groups in total. The van der Waals surface area contributed by atoms with Gasteiger partial charge in [0.15, 0.2) is 5.96 Å². The number of hydrogen-bond donors (Lipinski definition) is 2. The maximum Gasteiger partial charge on any atom is 0.191 e. The molecule has 0 spiro atoms. The SMILES string of the molecule is CN=C(NCc1c(C)nn(C)c1C)NC(C)COC. The van der Waals surface area contributed by atoms with Gasteiger partial charge in [0.2, 0.25) is 0 Å². The number of nitrogens with zero attached hydrogens (tertiary/aromatic N) is 3. The summed E-state index contributed by atoms with van der Waals surface area (Å²) in [5, 5.41) is 11.0. The highest BCUT2D eigenvalue weighted by Gasteiger charge is 2.10. The van der Waals surface area contributed by atoms with Gasteiger partial charge in [-0.2, -0.15) is 5.10 Å². The molecule has 0 fully saturated rings. The summed E-state index contributed by atoms with van der Waals surface area (Å²) in [6.45, 7) is 7.50. The van der Waals surface area contributed by atoms with E-state index in [1.54, 1.807) is 14.2 Å². The monoisotopic (exact) mass is 267 g/mol. The third kappa shape index (κ3) is 4.24. The molecule has 0 aliphatic rings. The van der Waals surface area contributed by atoms with E-state index in [4.69, 9.17) is 4.74 Å². The Kier molecular flexibility index (Phi) is 5.82. The first-order valence-corrected chi connectivity index (χ1v) is 6.44. The van der Waals surface area contributed by atoms with Gasteiger partial charge in [0, 0.05) is 45.0 Å². The van der Waals surface area contributed by atoms with Crippen LogP contribution in [-0.4, -0.2) is 42.5 Å². The molecule has 0 saturated carbocycles. The molecule has 0 amide bonds. The lowest BCUT2D eigenvalue weighted by atomic mass is 10.2. The predicted molar refractivity (Wildman–Crippen MR) is 77.4 cm³/mol. The Hall–Kier alpha value is -1.56. The van der Waals surface area contributed by atoms with E-state index in [1.165, 1.54) is 11.3 Å². The van der Waals surface area contributed by atoms with Crippen LogP contribution in [0.25, 0.3) is 0 Å². The quantitative estimate of drug-likeness (QED) is 0.610. The predicted octanol–water partition coefficient (Wildman–Crippen LogP) is 0.737. The highest BCUT2D eigenvalue weighted by molar-refractivity contribution is 5.79. The van der Waals surface area contributed by atoms with Gasteiger partial charge in [-0.1, -0.05) is 0 Å². The second-order valence-corrected chi connectivity index (χ2v) is 4.70. The molecule has 108 valence electrons. The largest absolute Gasteiger partial charge is 0.383 e. The zero-order valence-corrected chi connectivity index (χ0v) is 12.7. The maximum atomic E-state index is 5.09. The number of aliphatic imine (C=N–C) groups is 1. The number of ether oxygens (including phenoxy) is 1. The molecule has 6 nitrogen and oxygen atoms in total. The van der Waals surface area contributed by atoms with Crippen molar-refractivity contribution in [2.24, 2.45) is 12.0 Å². The zero-order chi connectivity index (χ0) is 14.4. The molecule has 0 saturated heterocycles. The van der Waals surface area contributed by atoms with Crippen molar-refractivity contribution in [2.75, 3.05) is 20.8 Å². The average molecular weight is 267 g/mol. The maximum absolute atomic E-state index is 5.09. The standard InChI is InChI=1S/C13H25N5O/c1-9(8-19-6)16-13(14-4)15-7-12-10(2)17-18(5)11(12)3/h9H,7-8H2,1-6H3,(H2,14,15,16). The van der Waals surface area contributed by atoms with Crippen LogP contribution in [0.5, 0.6) is 0 Å².